The van der Waals surface area contributed by atoms with Gasteiger partial charge in [-0.3, -0.25) is 4.79 Å². The Balaban J connectivity index is 1.68. The lowest BCUT2D eigenvalue weighted by atomic mass is 10.1. The quantitative estimate of drug-likeness (QED) is 0.699. The van der Waals surface area contributed by atoms with Crippen molar-refractivity contribution in [2.24, 2.45) is 0 Å². The van der Waals surface area contributed by atoms with Crippen molar-refractivity contribution >= 4 is 17.4 Å². The van der Waals surface area contributed by atoms with Crippen LogP contribution in [0.5, 0.6) is 0 Å². The largest absolute Gasteiger partial charge is 0.356 e. The Bertz CT molecular complexity index is 1020. The van der Waals surface area contributed by atoms with Crippen LogP contribution in [0.3, 0.4) is 0 Å². The molecule has 0 saturated carbocycles. The number of piperidine rings is 1. The van der Waals surface area contributed by atoms with E-state index >= 15 is 0 Å². The minimum absolute atomic E-state index is 0.160. The molecule has 5 nitrogen and oxygen atoms in total. The molecule has 29 heavy (non-hydrogen) atoms. The standard InChI is InChI=1S/C22H20F2N4O/c23-17-10-9-16(13-18(17)24)25-22(29)19-14-20(28-11-5-2-6-12-28)27-21(26-19)15-7-3-1-4-8-15/h1,3-4,7-10,13-14H,2,5-6,11-12H2,(H,25,29). The molecule has 7 heteroatoms. The Hall–Kier alpha value is -3.35. The number of amides is 1. The number of rotatable bonds is 4. The van der Waals surface area contributed by atoms with Crippen LogP contribution in [0.2, 0.25) is 0 Å². The second kappa shape index (κ2) is 8.34. The number of carbonyl (C=O) groups excluding carboxylic acids is 1. The van der Waals surface area contributed by atoms with Gasteiger partial charge in [-0.05, 0) is 31.4 Å². The van der Waals surface area contributed by atoms with Gasteiger partial charge in [-0.25, -0.2) is 18.7 Å². The third-order valence-corrected chi connectivity index (χ3v) is 4.83. The van der Waals surface area contributed by atoms with Crippen LogP contribution in [0.15, 0.2) is 54.6 Å². The van der Waals surface area contributed by atoms with Crippen molar-refractivity contribution in [1.82, 2.24) is 9.97 Å². The summed E-state index contributed by atoms with van der Waals surface area (Å²) < 4.78 is 26.6. The molecule has 0 atom stereocenters. The van der Waals surface area contributed by atoms with Crippen LogP contribution in [0.1, 0.15) is 29.8 Å². The molecule has 0 unspecified atom stereocenters. The number of nitrogens with zero attached hydrogens (tertiary/aromatic N) is 3. The monoisotopic (exact) mass is 394 g/mol. The van der Waals surface area contributed by atoms with E-state index in [9.17, 15) is 13.6 Å². The molecule has 1 fully saturated rings. The van der Waals surface area contributed by atoms with Crippen LogP contribution in [0, 0.1) is 11.6 Å². The zero-order valence-corrected chi connectivity index (χ0v) is 15.7. The van der Waals surface area contributed by atoms with Crippen LogP contribution in [0.25, 0.3) is 11.4 Å². The highest BCUT2D eigenvalue weighted by molar-refractivity contribution is 6.03. The van der Waals surface area contributed by atoms with Crippen LogP contribution in [-0.4, -0.2) is 29.0 Å². The first kappa shape index (κ1) is 19.0. The molecule has 1 amide bonds. The first-order valence-electron chi connectivity index (χ1n) is 9.56. The van der Waals surface area contributed by atoms with Gasteiger partial charge in [0.1, 0.15) is 11.5 Å². The summed E-state index contributed by atoms with van der Waals surface area (Å²) in [5, 5.41) is 2.58. The van der Waals surface area contributed by atoms with Gasteiger partial charge in [-0.15, -0.1) is 0 Å². The van der Waals surface area contributed by atoms with Crippen LogP contribution in [-0.2, 0) is 0 Å². The summed E-state index contributed by atoms with van der Waals surface area (Å²) in [5.41, 5.74) is 1.13. The maximum absolute atomic E-state index is 13.5. The number of aromatic nitrogens is 2. The second-order valence-electron chi connectivity index (χ2n) is 6.93. The van der Waals surface area contributed by atoms with Crippen molar-refractivity contribution < 1.29 is 13.6 Å². The number of benzene rings is 2. The van der Waals surface area contributed by atoms with Crippen molar-refractivity contribution in [2.45, 2.75) is 19.3 Å². The van der Waals surface area contributed by atoms with E-state index in [-0.39, 0.29) is 11.4 Å². The summed E-state index contributed by atoms with van der Waals surface area (Å²) in [5.74, 6) is -1.36. The zero-order chi connectivity index (χ0) is 20.2. The highest BCUT2D eigenvalue weighted by Gasteiger charge is 2.19. The number of hydrogen-bond acceptors (Lipinski definition) is 4. The van der Waals surface area contributed by atoms with E-state index in [4.69, 9.17) is 0 Å². The van der Waals surface area contributed by atoms with Crippen molar-refractivity contribution in [3.63, 3.8) is 0 Å². The van der Waals surface area contributed by atoms with E-state index in [1.807, 2.05) is 30.3 Å². The topological polar surface area (TPSA) is 58.1 Å². The maximum atomic E-state index is 13.5. The summed E-state index contributed by atoms with van der Waals surface area (Å²) in [6.07, 6.45) is 3.32. The predicted molar refractivity (Wildman–Crippen MR) is 108 cm³/mol. The minimum atomic E-state index is -1.02. The molecule has 148 valence electrons. The summed E-state index contributed by atoms with van der Waals surface area (Å²) in [4.78, 5) is 24.0. The van der Waals surface area contributed by atoms with Crippen molar-refractivity contribution in [3.05, 3.63) is 71.9 Å². The van der Waals surface area contributed by atoms with E-state index in [1.165, 1.54) is 12.5 Å². The summed E-state index contributed by atoms with van der Waals surface area (Å²) in [6, 6.07) is 14.3. The molecule has 1 aromatic heterocycles. The third-order valence-electron chi connectivity index (χ3n) is 4.83. The summed E-state index contributed by atoms with van der Waals surface area (Å²) >= 11 is 0. The number of nitrogens with one attached hydrogen (secondary N) is 1. The normalized spacial score (nSPS) is 13.9. The zero-order valence-electron chi connectivity index (χ0n) is 15.7. The fourth-order valence-electron chi connectivity index (χ4n) is 3.32. The first-order chi connectivity index (χ1) is 14.1. The lowest BCUT2D eigenvalue weighted by Gasteiger charge is -2.28. The van der Waals surface area contributed by atoms with E-state index in [2.05, 4.69) is 20.2 Å². The second-order valence-corrected chi connectivity index (χ2v) is 6.93. The highest BCUT2D eigenvalue weighted by Crippen LogP contribution is 2.23. The first-order valence-corrected chi connectivity index (χ1v) is 9.56. The Labute approximate surface area is 167 Å². The Kier molecular flexibility index (Phi) is 5.46. The van der Waals surface area contributed by atoms with E-state index in [0.717, 1.165) is 43.6 Å². The molecular weight excluding hydrogens is 374 g/mol. The Morgan fingerprint density at radius 2 is 1.66 bits per heavy atom. The van der Waals surface area contributed by atoms with Crippen molar-refractivity contribution in [1.29, 1.82) is 0 Å². The highest BCUT2D eigenvalue weighted by atomic mass is 19.2. The summed E-state index contributed by atoms with van der Waals surface area (Å²) in [7, 11) is 0. The predicted octanol–water partition coefficient (Wildman–Crippen LogP) is 4.66. The lowest BCUT2D eigenvalue weighted by molar-refractivity contribution is 0.102. The number of carbonyl (C=O) groups is 1. The fraction of sp³-hybridized carbons (Fsp3) is 0.227. The molecule has 1 N–H and O–H groups in total. The molecule has 1 aliphatic heterocycles. The molecular formula is C22H20F2N4O. The average molecular weight is 394 g/mol. The molecule has 1 aliphatic rings. The summed E-state index contributed by atoms with van der Waals surface area (Å²) in [6.45, 7) is 1.74. The minimum Gasteiger partial charge on any atom is -0.356 e. The number of hydrogen-bond donors (Lipinski definition) is 1. The van der Waals surface area contributed by atoms with Gasteiger partial charge in [0, 0.05) is 36.5 Å². The molecule has 2 aromatic carbocycles. The van der Waals surface area contributed by atoms with Gasteiger partial charge in [0.25, 0.3) is 5.91 Å². The van der Waals surface area contributed by atoms with Gasteiger partial charge in [-0.1, -0.05) is 30.3 Å². The lowest BCUT2D eigenvalue weighted by Crippen LogP contribution is -2.31. The van der Waals surface area contributed by atoms with Gasteiger partial charge >= 0.3 is 0 Å². The molecule has 0 bridgehead atoms. The van der Waals surface area contributed by atoms with Crippen LogP contribution in [0.4, 0.5) is 20.3 Å². The number of halogens is 2. The van der Waals surface area contributed by atoms with Gasteiger partial charge in [0.05, 0.1) is 0 Å². The maximum Gasteiger partial charge on any atom is 0.274 e. The van der Waals surface area contributed by atoms with E-state index in [1.54, 1.807) is 6.07 Å². The molecule has 0 spiro atoms. The molecule has 4 rings (SSSR count). The number of anilines is 2. The Morgan fingerprint density at radius 1 is 0.897 bits per heavy atom. The Morgan fingerprint density at radius 3 is 2.38 bits per heavy atom. The van der Waals surface area contributed by atoms with Gasteiger partial charge < -0.3 is 10.2 Å². The molecule has 2 heterocycles. The van der Waals surface area contributed by atoms with Crippen molar-refractivity contribution in [2.75, 3.05) is 23.3 Å². The van der Waals surface area contributed by atoms with Crippen LogP contribution >= 0.6 is 0 Å². The van der Waals surface area contributed by atoms with E-state index in [0.29, 0.717) is 11.6 Å². The fourth-order valence-corrected chi connectivity index (χ4v) is 3.32. The van der Waals surface area contributed by atoms with Gasteiger partial charge in [-0.2, -0.15) is 0 Å². The van der Waals surface area contributed by atoms with Gasteiger partial charge in [0.2, 0.25) is 0 Å². The van der Waals surface area contributed by atoms with Gasteiger partial charge in [0.15, 0.2) is 17.5 Å². The molecule has 3 aromatic rings. The molecule has 1 saturated heterocycles. The van der Waals surface area contributed by atoms with E-state index < -0.39 is 17.5 Å². The molecule has 0 radical (unpaired) electrons. The smallest absolute Gasteiger partial charge is 0.274 e. The van der Waals surface area contributed by atoms with Crippen molar-refractivity contribution in [3.8, 4) is 11.4 Å². The third kappa shape index (κ3) is 4.39. The van der Waals surface area contributed by atoms with Crippen LogP contribution < -0.4 is 10.2 Å². The molecule has 0 aliphatic carbocycles. The SMILES string of the molecule is O=C(Nc1ccc(F)c(F)c1)c1cc(N2CCCCC2)nc(-c2ccccc2)n1. The average Bonchev–Trinajstić information content (AvgIpc) is 2.77.